The van der Waals surface area contributed by atoms with Gasteiger partial charge in [0, 0.05) is 24.5 Å². The summed E-state index contributed by atoms with van der Waals surface area (Å²) in [5, 5.41) is 2.78. The van der Waals surface area contributed by atoms with Crippen LogP contribution in [0.2, 0.25) is 0 Å². The Morgan fingerprint density at radius 2 is 1.95 bits per heavy atom. The first-order valence-electron chi connectivity index (χ1n) is 5.89. The molecule has 20 heavy (non-hydrogen) atoms. The predicted molar refractivity (Wildman–Crippen MR) is 69.6 cm³/mol. The van der Waals surface area contributed by atoms with E-state index in [-0.39, 0.29) is 12.2 Å². The van der Waals surface area contributed by atoms with Gasteiger partial charge in [-0.05, 0) is 23.8 Å². The molecule has 2 rings (SSSR count). The molecule has 0 aliphatic carbocycles. The van der Waals surface area contributed by atoms with E-state index in [1.807, 2.05) is 0 Å². The monoisotopic (exact) mass is 282 g/mol. The van der Waals surface area contributed by atoms with Gasteiger partial charge in [-0.2, -0.15) is 13.2 Å². The van der Waals surface area contributed by atoms with Crippen molar-refractivity contribution in [2.45, 2.75) is 12.7 Å². The number of aromatic nitrogens is 1. The standard InChI is InChI=1S/C14H13F3N2O/c1-20-13-8-10(6-7-18-13)9-19-12-5-3-2-4-11(12)14(15,16)17/h2-8,19H,9H2,1H3. The largest absolute Gasteiger partial charge is 0.481 e. The van der Waals surface area contributed by atoms with E-state index in [0.717, 1.165) is 11.6 Å². The maximum absolute atomic E-state index is 12.8. The maximum atomic E-state index is 12.8. The average Bonchev–Trinajstić information content (AvgIpc) is 2.44. The number of alkyl halides is 3. The fraction of sp³-hybridized carbons (Fsp3) is 0.214. The molecule has 1 aromatic heterocycles. The van der Waals surface area contributed by atoms with Crippen LogP contribution in [0.25, 0.3) is 0 Å². The highest BCUT2D eigenvalue weighted by Crippen LogP contribution is 2.34. The third-order valence-electron chi connectivity index (χ3n) is 2.72. The van der Waals surface area contributed by atoms with E-state index in [2.05, 4.69) is 10.3 Å². The number of methoxy groups -OCH3 is 1. The number of hydrogen-bond donors (Lipinski definition) is 1. The van der Waals surface area contributed by atoms with Crippen LogP contribution in [0.1, 0.15) is 11.1 Å². The molecule has 6 heteroatoms. The van der Waals surface area contributed by atoms with E-state index >= 15 is 0 Å². The Bertz CT molecular complexity index is 585. The molecule has 3 nitrogen and oxygen atoms in total. The second-order valence-corrected chi connectivity index (χ2v) is 4.10. The van der Waals surface area contributed by atoms with E-state index in [1.54, 1.807) is 24.4 Å². The molecule has 0 spiro atoms. The van der Waals surface area contributed by atoms with E-state index in [4.69, 9.17) is 4.74 Å². The van der Waals surface area contributed by atoms with Crippen LogP contribution in [0.5, 0.6) is 5.88 Å². The maximum Gasteiger partial charge on any atom is 0.418 e. The SMILES string of the molecule is COc1cc(CNc2ccccc2C(F)(F)F)ccn1. The van der Waals surface area contributed by atoms with Gasteiger partial charge in [-0.25, -0.2) is 4.98 Å². The molecule has 0 saturated heterocycles. The summed E-state index contributed by atoms with van der Waals surface area (Å²) in [6.45, 7) is 0.256. The Morgan fingerprint density at radius 1 is 1.20 bits per heavy atom. The molecular weight excluding hydrogens is 269 g/mol. The van der Waals surface area contributed by atoms with Crippen molar-refractivity contribution in [1.29, 1.82) is 0 Å². The smallest absolute Gasteiger partial charge is 0.418 e. The number of hydrogen-bond acceptors (Lipinski definition) is 3. The molecule has 0 aliphatic heterocycles. The first kappa shape index (κ1) is 14.2. The fourth-order valence-corrected chi connectivity index (χ4v) is 1.75. The predicted octanol–water partition coefficient (Wildman–Crippen LogP) is 3.72. The summed E-state index contributed by atoms with van der Waals surface area (Å²) in [5.41, 5.74) is 0.158. The lowest BCUT2D eigenvalue weighted by Crippen LogP contribution is -2.10. The zero-order valence-corrected chi connectivity index (χ0v) is 10.7. The van der Waals surface area contributed by atoms with E-state index in [1.165, 1.54) is 19.2 Å². The molecule has 0 saturated carbocycles. The molecular formula is C14H13F3N2O. The number of para-hydroxylation sites is 1. The molecule has 0 unspecified atom stereocenters. The van der Waals surface area contributed by atoms with Gasteiger partial charge in [0.2, 0.25) is 5.88 Å². The average molecular weight is 282 g/mol. The highest BCUT2D eigenvalue weighted by molar-refractivity contribution is 5.52. The third-order valence-corrected chi connectivity index (χ3v) is 2.72. The molecule has 1 heterocycles. The number of nitrogens with zero attached hydrogens (tertiary/aromatic N) is 1. The molecule has 0 aliphatic rings. The molecule has 1 aromatic carbocycles. The number of benzene rings is 1. The van der Waals surface area contributed by atoms with Crippen LogP contribution in [-0.2, 0) is 12.7 Å². The minimum absolute atomic E-state index is 0.0516. The van der Waals surface area contributed by atoms with Gasteiger partial charge in [-0.1, -0.05) is 12.1 Å². The first-order valence-corrected chi connectivity index (χ1v) is 5.89. The summed E-state index contributed by atoms with van der Waals surface area (Å²) in [7, 11) is 1.48. The topological polar surface area (TPSA) is 34.1 Å². The van der Waals surface area contributed by atoms with Crippen LogP contribution in [0, 0.1) is 0 Å². The summed E-state index contributed by atoms with van der Waals surface area (Å²) < 4.78 is 43.4. The fourth-order valence-electron chi connectivity index (χ4n) is 1.75. The number of pyridine rings is 1. The summed E-state index contributed by atoms with van der Waals surface area (Å²) >= 11 is 0. The summed E-state index contributed by atoms with van der Waals surface area (Å²) in [4.78, 5) is 3.94. The van der Waals surface area contributed by atoms with E-state index in [9.17, 15) is 13.2 Å². The normalized spacial score (nSPS) is 11.2. The highest BCUT2D eigenvalue weighted by atomic mass is 19.4. The number of ether oxygens (including phenoxy) is 1. The van der Waals surface area contributed by atoms with Crippen LogP contribution in [0.3, 0.4) is 0 Å². The van der Waals surface area contributed by atoms with Crippen molar-refractivity contribution in [2.24, 2.45) is 0 Å². The first-order chi connectivity index (χ1) is 9.50. The minimum Gasteiger partial charge on any atom is -0.481 e. The van der Waals surface area contributed by atoms with Gasteiger partial charge in [0.25, 0.3) is 0 Å². The number of nitrogens with one attached hydrogen (secondary N) is 1. The van der Waals surface area contributed by atoms with Gasteiger partial charge < -0.3 is 10.1 Å². The van der Waals surface area contributed by atoms with Crippen molar-refractivity contribution in [1.82, 2.24) is 4.98 Å². The molecule has 0 atom stereocenters. The van der Waals surface area contributed by atoms with Crippen molar-refractivity contribution in [3.05, 3.63) is 53.7 Å². The van der Waals surface area contributed by atoms with Crippen molar-refractivity contribution >= 4 is 5.69 Å². The molecule has 0 radical (unpaired) electrons. The molecule has 2 aromatic rings. The number of anilines is 1. The second kappa shape index (κ2) is 5.81. The number of halogens is 3. The molecule has 0 bridgehead atoms. The van der Waals surface area contributed by atoms with Crippen LogP contribution in [0.4, 0.5) is 18.9 Å². The van der Waals surface area contributed by atoms with Crippen LogP contribution in [0.15, 0.2) is 42.6 Å². The Labute approximate surface area is 114 Å². The van der Waals surface area contributed by atoms with Crippen molar-refractivity contribution in [3.63, 3.8) is 0 Å². The molecule has 0 fully saturated rings. The Hall–Kier alpha value is -2.24. The Morgan fingerprint density at radius 3 is 2.65 bits per heavy atom. The third kappa shape index (κ3) is 3.40. The summed E-state index contributed by atoms with van der Waals surface area (Å²) in [6.07, 6.45) is -2.83. The van der Waals surface area contributed by atoms with Gasteiger partial charge >= 0.3 is 6.18 Å². The molecule has 1 N–H and O–H groups in total. The Kier molecular flexibility index (Phi) is 4.12. The van der Waals surface area contributed by atoms with Gasteiger partial charge in [0.15, 0.2) is 0 Å². The second-order valence-electron chi connectivity index (χ2n) is 4.10. The highest BCUT2D eigenvalue weighted by Gasteiger charge is 2.32. The van der Waals surface area contributed by atoms with E-state index < -0.39 is 11.7 Å². The van der Waals surface area contributed by atoms with Gasteiger partial charge in [0.05, 0.1) is 12.7 Å². The van der Waals surface area contributed by atoms with Crippen molar-refractivity contribution < 1.29 is 17.9 Å². The van der Waals surface area contributed by atoms with Gasteiger partial charge in [0.1, 0.15) is 0 Å². The quantitative estimate of drug-likeness (QED) is 0.928. The van der Waals surface area contributed by atoms with Gasteiger partial charge in [-0.15, -0.1) is 0 Å². The molecule has 0 amide bonds. The lowest BCUT2D eigenvalue weighted by molar-refractivity contribution is -0.136. The lowest BCUT2D eigenvalue weighted by Gasteiger charge is -2.14. The molecule has 106 valence electrons. The van der Waals surface area contributed by atoms with E-state index in [0.29, 0.717) is 5.88 Å². The number of rotatable bonds is 4. The van der Waals surface area contributed by atoms with Crippen LogP contribution in [-0.4, -0.2) is 12.1 Å². The minimum atomic E-state index is -4.38. The Balaban J connectivity index is 2.15. The lowest BCUT2D eigenvalue weighted by atomic mass is 10.1. The van der Waals surface area contributed by atoms with Crippen molar-refractivity contribution in [2.75, 3.05) is 12.4 Å². The van der Waals surface area contributed by atoms with Crippen LogP contribution >= 0.6 is 0 Å². The zero-order chi connectivity index (χ0) is 14.6. The van der Waals surface area contributed by atoms with Gasteiger partial charge in [-0.3, -0.25) is 0 Å². The van der Waals surface area contributed by atoms with Crippen molar-refractivity contribution in [3.8, 4) is 5.88 Å². The zero-order valence-electron chi connectivity index (χ0n) is 10.7. The van der Waals surface area contributed by atoms with Crippen LogP contribution < -0.4 is 10.1 Å². The summed E-state index contributed by atoms with van der Waals surface area (Å²) in [5.74, 6) is 0.424. The summed E-state index contributed by atoms with van der Waals surface area (Å²) in [6, 6.07) is 8.76.